The van der Waals surface area contributed by atoms with Gasteiger partial charge >= 0.3 is 0 Å². The van der Waals surface area contributed by atoms with Gasteiger partial charge in [-0.1, -0.05) is 23.7 Å². The van der Waals surface area contributed by atoms with E-state index in [1.165, 1.54) is 19.2 Å². The zero-order chi connectivity index (χ0) is 14.2. The Hall–Kier alpha value is -2.21. The third-order valence-corrected chi connectivity index (χ3v) is 3.85. The quantitative estimate of drug-likeness (QED) is 0.804. The Morgan fingerprint density at radius 1 is 1.29 bits per heavy atom. The molecule has 0 saturated heterocycles. The normalized spacial score (nSPS) is 14.5. The van der Waals surface area contributed by atoms with Crippen LogP contribution in [0, 0.1) is 0 Å². The maximum atomic E-state index is 6.23. The molecule has 0 aliphatic heterocycles. The van der Waals surface area contributed by atoms with Gasteiger partial charge in [-0.25, -0.2) is 14.6 Å². The van der Waals surface area contributed by atoms with Crippen molar-refractivity contribution in [1.29, 1.82) is 0 Å². The van der Waals surface area contributed by atoms with E-state index in [1.54, 1.807) is 4.68 Å². The molecule has 0 amide bonds. The van der Waals surface area contributed by atoms with Gasteiger partial charge in [0, 0.05) is 11.5 Å². The molecule has 4 rings (SSSR count). The van der Waals surface area contributed by atoms with Gasteiger partial charge in [0.1, 0.15) is 18.7 Å². The molecule has 0 radical (unpaired) electrons. The van der Waals surface area contributed by atoms with Crippen LogP contribution in [0.25, 0.3) is 11.4 Å². The van der Waals surface area contributed by atoms with Crippen molar-refractivity contribution >= 4 is 11.6 Å². The molecular weight excluding hydrogens is 288 g/mol. The van der Waals surface area contributed by atoms with Crippen LogP contribution in [0.4, 0.5) is 0 Å². The molecule has 1 saturated carbocycles. The highest BCUT2D eigenvalue weighted by Crippen LogP contribution is 2.37. The summed E-state index contributed by atoms with van der Waals surface area (Å²) in [4.78, 5) is 8.82. The van der Waals surface area contributed by atoms with Gasteiger partial charge in [-0.2, -0.15) is 10.2 Å². The van der Waals surface area contributed by atoms with Crippen LogP contribution in [0.15, 0.2) is 30.6 Å². The summed E-state index contributed by atoms with van der Waals surface area (Å²) < 4.78 is 1.78. The number of nitrogens with zero attached hydrogens (tertiary/aromatic N) is 5. The summed E-state index contributed by atoms with van der Waals surface area (Å²) in [5.41, 5.74) is 0.860. The van der Waals surface area contributed by atoms with Crippen molar-refractivity contribution in [2.45, 2.75) is 25.3 Å². The van der Waals surface area contributed by atoms with Crippen LogP contribution in [0.3, 0.4) is 0 Å². The number of aromatic amines is 1. The highest BCUT2D eigenvalue weighted by Gasteiger charge is 2.27. The van der Waals surface area contributed by atoms with Gasteiger partial charge in [-0.3, -0.25) is 5.10 Å². The van der Waals surface area contributed by atoms with Gasteiger partial charge in [0.15, 0.2) is 11.6 Å². The lowest BCUT2D eigenvalue weighted by molar-refractivity contribution is 0.663. The highest BCUT2D eigenvalue weighted by molar-refractivity contribution is 6.33. The average molecular weight is 301 g/mol. The highest BCUT2D eigenvalue weighted by atomic mass is 35.5. The molecule has 2 heterocycles. The number of rotatable bonds is 4. The molecule has 1 aliphatic rings. The molecule has 1 fully saturated rings. The minimum absolute atomic E-state index is 0.500. The van der Waals surface area contributed by atoms with E-state index in [-0.39, 0.29) is 0 Å². The van der Waals surface area contributed by atoms with Crippen molar-refractivity contribution in [2.24, 2.45) is 0 Å². The predicted molar refractivity (Wildman–Crippen MR) is 77.9 cm³/mol. The van der Waals surface area contributed by atoms with Crippen molar-refractivity contribution in [1.82, 2.24) is 29.9 Å². The second-order valence-corrected chi connectivity index (χ2v) is 5.54. The summed E-state index contributed by atoms with van der Waals surface area (Å²) >= 11 is 6.23. The predicted octanol–water partition coefficient (Wildman–Crippen LogP) is 2.64. The summed E-state index contributed by atoms with van der Waals surface area (Å²) in [5, 5.41) is 12.1. The van der Waals surface area contributed by atoms with Crippen LogP contribution in [-0.2, 0) is 6.54 Å². The number of hydrogen-bond donors (Lipinski definition) is 1. The van der Waals surface area contributed by atoms with E-state index in [2.05, 4.69) is 25.3 Å². The first-order chi connectivity index (χ1) is 10.3. The minimum Gasteiger partial charge on any atom is -0.261 e. The molecule has 0 unspecified atom stereocenters. The smallest absolute Gasteiger partial charge is 0.159 e. The lowest BCUT2D eigenvalue weighted by atomic mass is 10.2. The summed E-state index contributed by atoms with van der Waals surface area (Å²) in [6.07, 6.45) is 3.90. The van der Waals surface area contributed by atoms with E-state index in [1.807, 2.05) is 24.3 Å². The van der Waals surface area contributed by atoms with Gasteiger partial charge in [-0.05, 0) is 25.0 Å². The van der Waals surface area contributed by atoms with Crippen molar-refractivity contribution in [3.05, 3.63) is 47.3 Å². The topological polar surface area (TPSA) is 72.3 Å². The van der Waals surface area contributed by atoms with Gasteiger partial charge in [0.25, 0.3) is 0 Å². The third-order valence-electron chi connectivity index (χ3n) is 3.52. The van der Waals surface area contributed by atoms with Crippen LogP contribution in [0.5, 0.6) is 0 Å². The van der Waals surface area contributed by atoms with Gasteiger partial charge in [-0.15, -0.1) is 0 Å². The van der Waals surface area contributed by atoms with E-state index in [0.29, 0.717) is 17.5 Å². The third kappa shape index (κ3) is 2.42. The average Bonchev–Trinajstić information content (AvgIpc) is 3.07. The van der Waals surface area contributed by atoms with Crippen molar-refractivity contribution in [2.75, 3.05) is 0 Å². The van der Waals surface area contributed by atoms with Gasteiger partial charge in [0.2, 0.25) is 0 Å². The van der Waals surface area contributed by atoms with E-state index >= 15 is 0 Å². The summed E-state index contributed by atoms with van der Waals surface area (Å²) in [6, 6.07) is 7.60. The van der Waals surface area contributed by atoms with E-state index in [0.717, 1.165) is 23.0 Å². The molecule has 1 aliphatic carbocycles. The summed E-state index contributed by atoms with van der Waals surface area (Å²) in [7, 11) is 0. The summed E-state index contributed by atoms with van der Waals surface area (Å²) in [6.45, 7) is 0.500. The molecule has 3 aromatic rings. The summed E-state index contributed by atoms with van der Waals surface area (Å²) in [5.74, 6) is 2.96. The molecule has 0 atom stereocenters. The number of hydrogen-bond acceptors (Lipinski definition) is 4. The van der Waals surface area contributed by atoms with Gasteiger partial charge in [0.05, 0.1) is 5.02 Å². The molecule has 106 valence electrons. The molecule has 7 heteroatoms. The van der Waals surface area contributed by atoms with Crippen LogP contribution in [-0.4, -0.2) is 29.9 Å². The lowest BCUT2D eigenvalue weighted by Gasteiger charge is -2.05. The Kier molecular flexibility index (Phi) is 2.96. The molecule has 2 aromatic heterocycles. The van der Waals surface area contributed by atoms with Crippen molar-refractivity contribution < 1.29 is 0 Å². The molecule has 0 bridgehead atoms. The van der Waals surface area contributed by atoms with Crippen LogP contribution in [0.1, 0.15) is 30.4 Å². The molecule has 21 heavy (non-hydrogen) atoms. The number of H-pyrrole nitrogens is 1. The first-order valence-corrected chi connectivity index (χ1v) is 7.23. The zero-order valence-corrected chi connectivity index (χ0v) is 12.0. The second-order valence-electron chi connectivity index (χ2n) is 5.14. The standard InChI is InChI=1S/C14H13ClN6/c15-11-4-2-1-3-10(11)14-16-8-17-21(14)7-12-18-13(20-19-12)9-5-6-9/h1-4,8-9H,5-7H2,(H,18,19,20). The second kappa shape index (κ2) is 4.96. The number of benzene rings is 1. The van der Waals surface area contributed by atoms with E-state index in [9.17, 15) is 0 Å². The Balaban J connectivity index is 1.64. The monoisotopic (exact) mass is 300 g/mol. The lowest BCUT2D eigenvalue weighted by Crippen LogP contribution is -2.06. The fraction of sp³-hybridized carbons (Fsp3) is 0.286. The fourth-order valence-electron chi connectivity index (χ4n) is 2.28. The SMILES string of the molecule is Clc1ccccc1-c1ncnn1Cc1nc(C2CC2)n[nH]1. The Morgan fingerprint density at radius 2 is 2.14 bits per heavy atom. The van der Waals surface area contributed by atoms with E-state index in [4.69, 9.17) is 11.6 Å². The van der Waals surface area contributed by atoms with Crippen molar-refractivity contribution in [3.8, 4) is 11.4 Å². The Morgan fingerprint density at radius 3 is 2.95 bits per heavy atom. The minimum atomic E-state index is 0.500. The largest absolute Gasteiger partial charge is 0.261 e. The number of halogens is 1. The number of aromatic nitrogens is 6. The van der Waals surface area contributed by atoms with Crippen LogP contribution < -0.4 is 0 Å². The first-order valence-electron chi connectivity index (χ1n) is 6.85. The van der Waals surface area contributed by atoms with Crippen LogP contribution in [0.2, 0.25) is 5.02 Å². The zero-order valence-electron chi connectivity index (χ0n) is 11.2. The number of nitrogens with one attached hydrogen (secondary N) is 1. The van der Waals surface area contributed by atoms with Crippen LogP contribution >= 0.6 is 11.6 Å². The molecular formula is C14H13ClN6. The molecule has 1 aromatic carbocycles. The van der Waals surface area contributed by atoms with Gasteiger partial charge < -0.3 is 0 Å². The maximum Gasteiger partial charge on any atom is 0.159 e. The maximum absolute atomic E-state index is 6.23. The Labute approximate surface area is 126 Å². The van der Waals surface area contributed by atoms with Crippen molar-refractivity contribution in [3.63, 3.8) is 0 Å². The van der Waals surface area contributed by atoms with E-state index < -0.39 is 0 Å². The molecule has 0 spiro atoms. The molecule has 6 nitrogen and oxygen atoms in total. The Bertz CT molecular complexity index is 773. The molecule has 1 N–H and O–H groups in total. The fourth-order valence-corrected chi connectivity index (χ4v) is 2.50. The first kappa shape index (κ1) is 12.5.